The SMILES string of the molecule is O=C(COC(=O)[C@@H]1CCC(=O)N1)Nc1ccc2c(c1)OCO2. The molecule has 1 aromatic carbocycles. The van der Waals surface area contributed by atoms with Crippen molar-refractivity contribution in [1.29, 1.82) is 0 Å². The predicted molar refractivity (Wildman–Crippen MR) is 73.3 cm³/mol. The van der Waals surface area contributed by atoms with Gasteiger partial charge in [-0.3, -0.25) is 9.59 Å². The molecule has 0 spiro atoms. The molecule has 0 aromatic heterocycles. The van der Waals surface area contributed by atoms with E-state index in [4.69, 9.17) is 14.2 Å². The van der Waals surface area contributed by atoms with E-state index >= 15 is 0 Å². The van der Waals surface area contributed by atoms with Crippen LogP contribution in [0.4, 0.5) is 5.69 Å². The van der Waals surface area contributed by atoms with Gasteiger partial charge in [0.25, 0.3) is 5.91 Å². The molecule has 0 saturated carbocycles. The number of hydrogen-bond acceptors (Lipinski definition) is 6. The van der Waals surface area contributed by atoms with Crippen molar-refractivity contribution in [3.05, 3.63) is 18.2 Å². The first kappa shape index (κ1) is 14.2. The van der Waals surface area contributed by atoms with E-state index in [2.05, 4.69) is 10.6 Å². The Morgan fingerprint density at radius 1 is 1.32 bits per heavy atom. The number of amides is 2. The zero-order chi connectivity index (χ0) is 15.5. The van der Waals surface area contributed by atoms with Gasteiger partial charge in [0.2, 0.25) is 12.7 Å². The summed E-state index contributed by atoms with van der Waals surface area (Å²) in [4.78, 5) is 34.4. The van der Waals surface area contributed by atoms with Crippen LogP contribution in [-0.4, -0.2) is 37.2 Å². The van der Waals surface area contributed by atoms with E-state index in [-0.39, 0.29) is 12.7 Å². The summed E-state index contributed by atoms with van der Waals surface area (Å²) in [6.07, 6.45) is 0.685. The maximum Gasteiger partial charge on any atom is 0.329 e. The first-order valence-corrected chi connectivity index (χ1v) is 6.77. The molecule has 0 aliphatic carbocycles. The highest BCUT2D eigenvalue weighted by Gasteiger charge is 2.28. The van der Waals surface area contributed by atoms with Crippen molar-refractivity contribution in [3.63, 3.8) is 0 Å². The third-order valence-corrected chi connectivity index (χ3v) is 3.28. The molecule has 3 rings (SSSR count). The maximum absolute atomic E-state index is 11.7. The van der Waals surface area contributed by atoms with Gasteiger partial charge in [0.05, 0.1) is 0 Å². The number of hydrogen-bond donors (Lipinski definition) is 2. The predicted octanol–water partition coefficient (Wildman–Crippen LogP) is 0.176. The van der Waals surface area contributed by atoms with E-state index in [9.17, 15) is 14.4 Å². The molecule has 0 unspecified atom stereocenters. The molecular formula is C14H14N2O6. The normalized spacial score (nSPS) is 18.7. The van der Waals surface area contributed by atoms with E-state index in [0.717, 1.165) is 0 Å². The third-order valence-electron chi connectivity index (χ3n) is 3.28. The lowest BCUT2D eigenvalue weighted by Crippen LogP contribution is -2.36. The van der Waals surface area contributed by atoms with Crippen LogP contribution < -0.4 is 20.1 Å². The first-order chi connectivity index (χ1) is 10.6. The quantitative estimate of drug-likeness (QED) is 0.769. The van der Waals surface area contributed by atoms with Crippen molar-refractivity contribution in [1.82, 2.24) is 5.32 Å². The molecule has 2 amide bonds. The molecule has 8 nitrogen and oxygen atoms in total. The number of esters is 1. The largest absolute Gasteiger partial charge is 0.454 e. The van der Waals surface area contributed by atoms with Gasteiger partial charge in [0.1, 0.15) is 6.04 Å². The Kier molecular flexibility index (Phi) is 3.82. The lowest BCUT2D eigenvalue weighted by molar-refractivity contribution is -0.149. The molecule has 2 aliphatic rings. The van der Waals surface area contributed by atoms with Crippen LogP contribution in [0.3, 0.4) is 0 Å². The standard InChI is InChI=1S/C14H14N2O6/c17-12-4-2-9(16-12)14(19)20-6-13(18)15-8-1-3-10-11(5-8)22-7-21-10/h1,3,5,9H,2,4,6-7H2,(H,15,18)(H,16,17)/t9-/m0/s1. The van der Waals surface area contributed by atoms with Gasteiger partial charge >= 0.3 is 5.97 Å². The molecule has 2 heterocycles. The Bertz CT molecular complexity index is 630. The summed E-state index contributed by atoms with van der Waals surface area (Å²) in [6.45, 7) is -0.267. The van der Waals surface area contributed by atoms with E-state index in [1.165, 1.54) is 0 Å². The minimum atomic E-state index is -0.661. The molecule has 8 heteroatoms. The number of rotatable bonds is 4. The molecule has 2 aliphatic heterocycles. The smallest absolute Gasteiger partial charge is 0.329 e. The van der Waals surface area contributed by atoms with Gasteiger partial charge in [-0.15, -0.1) is 0 Å². The van der Waals surface area contributed by atoms with Crippen molar-refractivity contribution in [2.75, 3.05) is 18.7 Å². The van der Waals surface area contributed by atoms with Crippen molar-refractivity contribution in [2.45, 2.75) is 18.9 Å². The van der Waals surface area contributed by atoms with Crippen molar-refractivity contribution < 1.29 is 28.6 Å². The summed E-state index contributed by atoms with van der Waals surface area (Å²) >= 11 is 0. The Balaban J connectivity index is 1.48. The second-order valence-corrected chi connectivity index (χ2v) is 4.88. The van der Waals surface area contributed by atoms with Crippen LogP contribution in [0.2, 0.25) is 0 Å². The molecular weight excluding hydrogens is 292 g/mol. The summed E-state index contributed by atoms with van der Waals surface area (Å²) in [7, 11) is 0. The summed E-state index contributed by atoms with van der Waals surface area (Å²) in [5.41, 5.74) is 0.513. The van der Waals surface area contributed by atoms with Gasteiger partial charge in [-0.05, 0) is 18.6 Å². The number of carbonyl (C=O) groups is 3. The fraction of sp³-hybridized carbons (Fsp3) is 0.357. The van der Waals surface area contributed by atoms with E-state index in [0.29, 0.717) is 30.0 Å². The first-order valence-electron chi connectivity index (χ1n) is 6.77. The Morgan fingerprint density at radius 3 is 2.91 bits per heavy atom. The summed E-state index contributed by atoms with van der Waals surface area (Å²) in [6, 6.07) is 4.30. The van der Waals surface area contributed by atoms with Crippen LogP contribution >= 0.6 is 0 Å². The summed E-state index contributed by atoms with van der Waals surface area (Å²) < 4.78 is 15.2. The number of fused-ring (bicyclic) bond motifs is 1. The second kappa shape index (κ2) is 5.92. The van der Waals surface area contributed by atoms with Gasteiger partial charge in [0.15, 0.2) is 18.1 Å². The molecule has 0 radical (unpaired) electrons. The van der Waals surface area contributed by atoms with Crippen LogP contribution in [0.25, 0.3) is 0 Å². The highest BCUT2D eigenvalue weighted by molar-refractivity contribution is 5.94. The molecule has 1 saturated heterocycles. The van der Waals surface area contributed by atoms with E-state index in [1.807, 2.05) is 0 Å². The van der Waals surface area contributed by atoms with Crippen molar-refractivity contribution >= 4 is 23.5 Å². The zero-order valence-corrected chi connectivity index (χ0v) is 11.6. The zero-order valence-electron chi connectivity index (χ0n) is 11.6. The number of ether oxygens (including phenoxy) is 3. The van der Waals surface area contributed by atoms with Crippen LogP contribution in [0.15, 0.2) is 18.2 Å². The maximum atomic E-state index is 11.7. The Hall–Kier alpha value is -2.77. The van der Waals surface area contributed by atoms with E-state index in [1.54, 1.807) is 18.2 Å². The minimum absolute atomic E-state index is 0.150. The number of benzene rings is 1. The molecule has 22 heavy (non-hydrogen) atoms. The summed E-state index contributed by atoms with van der Waals surface area (Å²) in [5, 5.41) is 5.07. The van der Waals surface area contributed by atoms with Gasteiger partial charge in [-0.2, -0.15) is 0 Å². The van der Waals surface area contributed by atoms with Crippen LogP contribution in [-0.2, 0) is 19.1 Å². The average Bonchev–Trinajstić information content (AvgIpc) is 3.13. The molecule has 1 aromatic rings. The third kappa shape index (κ3) is 3.11. The molecule has 0 bridgehead atoms. The Morgan fingerprint density at radius 2 is 2.14 bits per heavy atom. The van der Waals surface area contributed by atoms with Crippen molar-refractivity contribution in [3.8, 4) is 11.5 Å². The lowest BCUT2D eigenvalue weighted by atomic mass is 10.2. The summed E-state index contributed by atoms with van der Waals surface area (Å²) in [5.74, 6) is -0.111. The molecule has 1 fully saturated rings. The van der Waals surface area contributed by atoms with Crippen LogP contribution in [0, 0.1) is 0 Å². The van der Waals surface area contributed by atoms with E-state index < -0.39 is 24.5 Å². The molecule has 116 valence electrons. The Labute approximate surface area is 125 Å². The fourth-order valence-electron chi connectivity index (χ4n) is 2.20. The number of carbonyl (C=O) groups excluding carboxylic acids is 3. The second-order valence-electron chi connectivity index (χ2n) is 4.88. The highest BCUT2D eigenvalue weighted by atomic mass is 16.7. The van der Waals surface area contributed by atoms with Crippen molar-refractivity contribution in [2.24, 2.45) is 0 Å². The van der Waals surface area contributed by atoms with Crippen LogP contribution in [0.5, 0.6) is 11.5 Å². The average molecular weight is 306 g/mol. The van der Waals surface area contributed by atoms with Gasteiger partial charge in [-0.25, -0.2) is 4.79 Å². The van der Waals surface area contributed by atoms with Gasteiger partial charge in [-0.1, -0.05) is 0 Å². The molecule has 2 N–H and O–H groups in total. The minimum Gasteiger partial charge on any atom is -0.454 e. The van der Waals surface area contributed by atoms with Gasteiger partial charge in [0, 0.05) is 18.2 Å². The lowest BCUT2D eigenvalue weighted by Gasteiger charge is -2.10. The number of anilines is 1. The topological polar surface area (TPSA) is 103 Å². The number of nitrogens with one attached hydrogen (secondary N) is 2. The van der Waals surface area contributed by atoms with Crippen LogP contribution in [0.1, 0.15) is 12.8 Å². The highest BCUT2D eigenvalue weighted by Crippen LogP contribution is 2.34. The molecule has 1 atom stereocenters. The monoisotopic (exact) mass is 306 g/mol. The van der Waals surface area contributed by atoms with Gasteiger partial charge < -0.3 is 24.8 Å². The fourth-order valence-corrected chi connectivity index (χ4v) is 2.20.